The maximum absolute atomic E-state index is 12.4. The minimum Gasteiger partial charge on any atom is -0.455 e. The maximum atomic E-state index is 12.4. The first-order valence-electron chi connectivity index (χ1n) is 9.79. The molecule has 152 valence electrons. The summed E-state index contributed by atoms with van der Waals surface area (Å²) in [5, 5.41) is 2.74. The summed E-state index contributed by atoms with van der Waals surface area (Å²) in [7, 11) is 0. The zero-order valence-electron chi connectivity index (χ0n) is 16.8. The second kappa shape index (κ2) is 9.37. The number of benzene rings is 2. The average molecular weight is 394 g/mol. The number of rotatable bonds is 7. The molecule has 0 aliphatic carbocycles. The third-order valence-electron chi connectivity index (χ3n) is 5.25. The number of nitrogens with one attached hydrogen (secondary N) is 1. The standard InChI is InChI=1S/C23H26N2O4/c1-16-7-6-10-20(17(16)2)25-14-19(13-22(25)27)23(28)29-15-21(26)24-12-11-18-8-4-3-5-9-18/h3-10,19H,11-15H2,1-2H3,(H,24,26)/t19-/m0/s1. The Kier molecular flexibility index (Phi) is 6.65. The van der Waals surface area contributed by atoms with Gasteiger partial charge in [0.05, 0.1) is 5.92 Å². The number of amides is 2. The number of anilines is 1. The van der Waals surface area contributed by atoms with Crippen molar-refractivity contribution in [2.75, 3.05) is 24.6 Å². The number of ether oxygens (including phenoxy) is 1. The summed E-state index contributed by atoms with van der Waals surface area (Å²) in [6.45, 7) is 4.37. The molecule has 6 heteroatoms. The predicted octanol–water partition coefficient (Wildman–Crippen LogP) is 2.56. The van der Waals surface area contributed by atoms with Gasteiger partial charge in [0.2, 0.25) is 5.91 Å². The van der Waals surface area contributed by atoms with E-state index < -0.39 is 11.9 Å². The highest BCUT2D eigenvalue weighted by Gasteiger charge is 2.36. The smallest absolute Gasteiger partial charge is 0.311 e. The Morgan fingerprint density at radius 1 is 1.10 bits per heavy atom. The van der Waals surface area contributed by atoms with Gasteiger partial charge in [-0.25, -0.2) is 0 Å². The molecule has 0 bridgehead atoms. The number of hydrogen-bond acceptors (Lipinski definition) is 4. The van der Waals surface area contributed by atoms with Crippen molar-refractivity contribution in [3.05, 3.63) is 65.2 Å². The van der Waals surface area contributed by atoms with Crippen molar-refractivity contribution >= 4 is 23.5 Å². The van der Waals surface area contributed by atoms with Crippen molar-refractivity contribution < 1.29 is 19.1 Å². The van der Waals surface area contributed by atoms with Crippen LogP contribution in [0.3, 0.4) is 0 Å². The highest BCUT2D eigenvalue weighted by Crippen LogP contribution is 2.29. The van der Waals surface area contributed by atoms with E-state index in [2.05, 4.69) is 5.32 Å². The molecule has 6 nitrogen and oxygen atoms in total. The molecule has 1 aliphatic rings. The minimum absolute atomic E-state index is 0.0990. The van der Waals surface area contributed by atoms with Crippen molar-refractivity contribution in [1.29, 1.82) is 0 Å². The largest absolute Gasteiger partial charge is 0.455 e. The van der Waals surface area contributed by atoms with Crippen molar-refractivity contribution in [3.63, 3.8) is 0 Å². The van der Waals surface area contributed by atoms with Crippen LogP contribution in [-0.4, -0.2) is 37.5 Å². The van der Waals surface area contributed by atoms with Crippen LogP contribution in [0, 0.1) is 19.8 Å². The molecule has 1 heterocycles. The number of carbonyl (C=O) groups excluding carboxylic acids is 3. The molecule has 2 aromatic carbocycles. The van der Waals surface area contributed by atoms with Crippen LogP contribution < -0.4 is 10.2 Å². The highest BCUT2D eigenvalue weighted by molar-refractivity contribution is 6.00. The molecule has 1 fully saturated rings. The fourth-order valence-electron chi connectivity index (χ4n) is 3.42. The lowest BCUT2D eigenvalue weighted by atomic mass is 10.1. The van der Waals surface area contributed by atoms with Crippen molar-refractivity contribution in [1.82, 2.24) is 5.32 Å². The van der Waals surface area contributed by atoms with Gasteiger partial charge in [0.15, 0.2) is 6.61 Å². The molecule has 0 unspecified atom stereocenters. The minimum atomic E-state index is -0.556. The summed E-state index contributed by atoms with van der Waals surface area (Å²) in [5.74, 6) is -1.51. The summed E-state index contributed by atoms with van der Waals surface area (Å²) in [6, 6.07) is 15.6. The van der Waals surface area contributed by atoms with Crippen LogP contribution in [0.15, 0.2) is 48.5 Å². The molecule has 2 amide bonds. The first-order chi connectivity index (χ1) is 14.0. The van der Waals surface area contributed by atoms with E-state index in [9.17, 15) is 14.4 Å². The summed E-state index contributed by atoms with van der Waals surface area (Å²) < 4.78 is 5.15. The molecule has 29 heavy (non-hydrogen) atoms. The SMILES string of the molecule is Cc1cccc(N2C[C@@H](C(=O)OCC(=O)NCCc3ccccc3)CC2=O)c1C. The van der Waals surface area contributed by atoms with Gasteiger partial charge in [-0.15, -0.1) is 0 Å². The third kappa shape index (κ3) is 5.22. The summed E-state index contributed by atoms with van der Waals surface area (Å²) in [4.78, 5) is 38.3. The zero-order chi connectivity index (χ0) is 20.8. The van der Waals surface area contributed by atoms with Gasteiger partial charge in [-0.2, -0.15) is 0 Å². The van der Waals surface area contributed by atoms with Gasteiger partial charge in [0, 0.05) is 25.2 Å². The topological polar surface area (TPSA) is 75.7 Å². The second-order valence-electron chi connectivity index (χ2n) is 7.32. The van der Waals surface area contributed by atoms with Gasteiger partial charge in [0.25, 0.3) is 5.91 Å². The Morgan fingerprint density at radius 2 is 1.86 bits per heavy atom. The number of nitrogens with zero attached hydrogens (tertiary/aromatic N) is 1. The van der Waals surface area contributed by atoms with Gasteiger partial charge in [-0.3, -0.25) is 14.4 Å². The summed E-state index contributed by atoms with van der Waals surface area (Å²) in [5.41, 5.74) is 4.06. The fraction of sp³-hybridized carbons (Fsp3) is 0.348. The molecule has 1 saturated heterocycles. The highest BCUT2D eigenvalue weighted by atomic mass is 16.5. The van der Waals surface area contributed by atoms with E-state index in [-0.39, 0.29) is 31.4 Å². The second-order valence-corrected chi connectivity index (χ2v) is 7.32. The van der Waals surface area contributed by atoms with Gasteiger partial charge in [-0.1, -0.05) is 42.5 Å². The number of aryl methyl sites for hydroxylation is 1. The monoisotopic (exact) mass is 394 g/mol. The van der Waals surface area contributed by atoms with Gasteiger partial charge >= 0.3 is 5.97 Å². The van der Waals surface area contributed by atoms with Crippen LogP contribution in [0.1, 0.15) is 23.1 Å². The molecule has 2 aromatic rings. The van der Waals surface area contributed by atoms with Crippen LogP contribution >= 0.6 is 0 Å². The van der Waals surface area contributed by atoms with E-state index in [0.717, 1.165) is 22.4 Å². The van der Waals surface area contributed by atoms with Gasteiger partial charge < -0.3 is 15.0 Å². The molecule has 0 saturated carbocycles. The Morgan fingerprint density at radius 3 is 2.62 bits per heavy atom. The lowest BCUT2D eigenvalue weighted by molar-refractivity contribution is -0.152. The lowest BCUT2D eigenvalue weighted by Gasteiger charge is -2.20. The van der Waals surface area contributed by atoms with E-state index in [4.69, 9.17) is 4.74 Å². The van der Waals surface area contributed by atoms with Gasteiger partial charge in [0.1, 0.15) is 0 Å². The van der Waals surface area contributed by atoms with E-state index >= 15 is 0 Å². The van der Waals surface area contributed by atoms with E-state index in [1.54, 1.807) is 4.90 Å². The molecule has 1 aliphatic heterocycles. The summed E-state index contributed by atoms with van der Waals surface area (Å²) >= 11 is 0. The molecule has 0 aromatic heterocycles. The van der Waals surface area contributed by atoms with Crippen LogP contribution in [0.25, 0.3) is 0 Å². The molecule has 0 radical (unpaired) electrons. The molecular weight excluding hydrogens is 368 g/mol. The molecule has 0 spiro atoms. The first kappa shape index (κ1) is 20.6. The van der Waals surface area contributed by atoms with E-state index in [1.807, 2.05) is 62.4 Å². The quantitative estimate of drug-likeness (QED) is 0.733. The number of hydrogen-bond donors (Lipinski definition) is 1. The number of esters is 1. The van der Waals surface area contributed by atoms with E-state index in [0.29, 0.717) is 13.0 Å². The lowest BCUT2D eigenvalue weighted by Crippen LogP contribution is -2.32. The Bertz CT molecular complexity index is 895. The van der Waals surface area contributed by atoms with Gasteiger partial charge in [-0.05, 0) is 43.0 Å². The summed E-state index contributed by atoms with van der Waals surface area (Å²) in [6.07, 6.45) is 0.810. The predicted molar refractivity (Wildman–Crippen MR) is 110 cm³/mol. The first-order valence-corrected chi connectivity index (χ1v) is 9.79. The van der Waals surface area contributed by atoms with Crippen LogP contribution in [0.4, 0.5) is 5.69 Å². The average Bonchev–Trinajstić information content (AvgIpc) is 3.10. The van der Waals surface area contributed by atoms with Crippen molar-refractivity contribution in [3.8, 4) is 0 Å². The third-order valence-corrected chi connectivity index (χ3v) is 5.25. The molecular formula is C23H26N2O4. The number of carbonyl (C=O) groups is 3. The Labute approximate surface area is 170 Å². The molecule has 1 atom stereocenters. The van der Waals surface area contributed by atoms with Crippen LogP contribution in [-0.2, 0) is 25.5 Å². The molecule has 3 rings (SSSR count). The maximum Gasteiger partial charge on any atom is 0.311 e. The van der Waals surface area contributed by atoms with Crippen molar-refractivity contribution in [2.45, 2.75) is 26.7 Å². The van der Waals surface area contributed by atoms with Crippen LogP contribution in [0.2, 0.25) is 0 Å². The Hall–Kier alpha value is -3.15. The normalized spacial score (nSPS) is 16.0. The van der Waals surface area contributed by atoms with Crippen molar-refractivity contribution in [2.24, 2.45) is 5.92 Å². The zero-order valence-corrected chi connectivity index (χ0v) is 16.8. The Balaban J connectivity index is 1.45. The fourth-order valence-corrected chi connectivity index (χ4v) is 3.42. The molecule has 1 N–H and O–H groups in total. The van der Waals surface area contributed by atoms with E-state index in [1.165, 1.54) is 0 Å². The van der Waals surface area contributed by atoms with Crippen LogP contribution in [0.5, 0.6) is 0 Å².